The second-order valence-corrected chi connectivity index (χ2v) is 11.0. The van der Waals surface area contributed by atoms with Gasteiger partial charge in [-0.05, 0) is 53.9 Å². The molecule has 2 amide bonds. The van der Waals surface area contributed by atoms with Crippen LogP contribution < -0.4 is 20.9 Å². The quantitative estimate of drug-likeness (QED) is 0.293. The van der Waals surface area contributed by atoms with Gasteiger partial charge in [0, 0.05) is 24.2 Å². The Morgan fingerprint density at radius 2 is 1.76 bits per heavy atom. The molecular weight excluding hydrogens is 523 g/mol. The van der Waals surface area contributed by atoms with E-state index < -0.39 is 21.6 Å². The Hall–Kier alpha value is -3.25. The minimum Gasteiger partial charge on any atom is -0.494 e. The summed E-state index contributed by atoms with van der Waals surface area (Å²) >= 11 is 12.8. The number of nitrogens with one attached hydrogen (secondary N) is 3. The molecule has 13 heteroatoms. The number of halogens is 2. The van der Waals surface area contributed by atoms with Gasteiger partial charge in [-0.1, -0.05) is 23.2 Å². The molecule has 0 saturated heterocycles. The Morgan fingerprint density at radius 3 is 2.38 bits per heavy atom. The molecule has 0 fully saturated rings. The van der Waals surface area contributed by atoms with Gasteiger partial charge >= 0.3 is 6.03 Å². The summed E-state index contributed by atoms with van der Waals surface area (Å²) in [7, 11) is -2.38. The highest BCUT2D eigenvalue weighted by Crippen LogP contribution is 2.33. The predicted molar refractivity (Wildman–Crippen MR) is 134 cm³/mol. The van der Waals surface area contributed by atoms with E-state index in [0.29, 0.717) is 27.2 Å². The maximum absolute atomic E-state index is 12.7. The molecule has 0 aliphatic heterocycles. The van der Waals surface area contributed by atoms with E-state index >= 15 is 0 Å². The van der Waals surface area contributed by atoms with Crippen LogP contribution in [0.1, 0.15) is 0 Å². The third-order valence-corrected chi connectivity index (χ3v) is 8.15. The normalized spacial score (nSPS) is 11.4. The molecule has 2 aromatic carbocycles. The molecule has 4 aromatic rings. The topological polar surface area (TPSA) is 130 Å². The van der Waals surface area contributed by atoms with Gasteiger partial charge in [0.2, 0.25) is 5.88 Å². The molecule has 0 spiro atoms. The van der Waals surface area contributed by atoms with Gasteiger partial charge in [-0.15, -0.1) is 11.3 Å². The zero-order valence-corrected chi connectivity index (χ0v) is 20.4. The fraction of sp³-hybridized carbons (Fsp3) is 0.0476. The van der Waals surface area contributed by atoms with Crippen LogP contribution >= 0.6 is 34.5 Å². The van der Waals surface area contributed by atoms with Crippen molar-refractivity contribution in [1.82, 2.24) is 9.29 Å². The zero-order chi connectivity index (χ0) is 24.6. The van der Waals surface area contributed by atoms with E-state index in [0.717, 1.165) is 15.9 Å². The second kappa shape index (κ2) is 9.18. The van der Waals surface area contributed by atoms with Crippen molar-refractivity contribution in [2.75, 3.05) is 17.7 Å². The minimum absolute atomic E-state index is 0.101. The van der Waals surface area contributed by atoms with Crippen LogP contribution in [0.5, 0.6) is 5.88 Å². The molecule has 0 bridgehead atoms. The fourth-order valence-corrected chi connectivity index (χ4v) is 5.88. The van der Waals surface area contributed by atoms with Crippen molar-refractivity contribution in [2.45, 2.75) is 4.21 Å². The van der Waals surface area contributed by atoms with E-state index in [4.69, 9.17) is 23.2 Å². The molecule has 0 unspecified atom stereocenters. The Kier molecular flexibility index (Phi) is 6.45. The van der Waals surface area contributed by atoms with Crippen LogP contribution in [0.15, 0.2) is 63.6 Å². The van der Waals surface area contributed by atoms with E-state index in [1.54, 1.807) is 19.2 Å². The van der Waals surface area contributed by atoms with E-state index in [-0.39, 0.29) is 20.1 Å². The number of rotatable bonds is 5. The van der Waals surface area contributed by atoms with Gasteiger partial charge in [0.05, 0.1) is 20.7 Å². The Morgan fingerprint density at radius 1 is 1.06 bits per heavy atom. The molecule has 0 saturated carbocycles. The molecule has 2 aromatic heterocycles. The summed E-state index contributed by atoms with van der Waals surface area (Å²) in [5.41, 5.74) is 0.720. The first-order valence-electron chi connectivity index (χ1n) is 9.54. The Bertz CT molecular complexity index is 1580. The first-order chi connectivity index (χ1) is 16.1. The highest BCUT2D eigenvalue weighted by molar-refractivity contribution is 7.92. The molecule has 34 heavy (non-hydrogen) atoms. The predicted octanol–water partition coefficient (Wildman–Crippen LogP) is 4.62. The van der Waals surface area contributed by atoms with Gasteiger partial charge in [0.1, 0.15) is 4.21 Å². The number of thiophene rings is 1. The fourth-order valence-electron chi connectivity index (χ4n) is 3.23. The molecule has 0 aliphatic carbocycles. The lowest BCUT2D eigenvalue weighted by Crippen LogP contribution is -2.33. The number of amides is 2. The highest BCUT2D eigenvalue weighted by atomic mass is 35.5. The van der Waals surface area contributed by atoms with Crippen LogP contribution in [-0.2, 0) is 10.0 Å². The van der Waals surface area contributed by atoms with Gasteiger partial charge in [-0.2, -0.15) is 0 Å². The van der Waals surface area contributed by atoms with Crippen LogP contribution in [0.25, 0.3) is 16.5 Å². The van der Waals surface area contributed by atoms with Crippen molar-refractivity contribution in [3.63, 3.8) is 0 Å². The van der Waals surface area contributed by atoms with Crippen molar-refractivity contribution in [3.8, 4) is 11.6 Å². The number of carbonyl (C=O) groups excluding carboxylic acids is 1. The summed E-state index contributed by atoms with van der Waals surface area (Å²) < 4.78 is 27.6. The lowest BCUT2D eigenvalue weighted by molar-refractivity contribution is 0.256. The third kappa shape index (κ3) is 4.68. The molecular formula is C21H16Cl2N4O5S2. The summed E-state index contributed by atoms with van der Waals surface area (Å²) in [6, 6.07) is 12.2. The number of urea groups is 1. The maximum atomic E-state index is 12.7. The summed E-state index contributed by atoms with van der Waals surface area (Å²) in [6.45, 7) is 0. The maximum Gasteiger partial charge on any atom is 0.333 e. The molecule has 4 N–H and O–H groups in total. The first-order valence-corrected chi connectivity index (χ1v) is 12.6. The van der Waals surface area contributed by atoms with Gasteiger partial charge in [0.25, 0.3) is 15.6 Å². The van der Waals surface area contributed by atoms with Crippen molar-refractivity contribution in [1.29, 1.82) is 0 Å². The third-order valence-electron chi connectivity index (χ3n) is 4.78. The van der Waals surface area contributed by atoms with Crippen LogP contribution in [0.3, 0.4) is 0 Å². The summed E-state index contributed by atoms with van der Waals surface area (Å²) in [5.74, 6) is -0.300. The highest BCUT2D eigenvalue weighted by Gasteiger charge is 2.20. The number of carbonyl (C=O) groups is 1. The number of hydrogen-bond acceptors (Lipinski definition) is 7. The second-order valence-electron chi connectivity index (χ2n) is 6.98. The number of nitrogens with zero attached hydrogens (tertiary/aromatic N) is 1. The van der Waals surface area contributed by atoms with Crippen molar-refractivity contribution < 1.29 is 18.3 Å². The smallest absolute Gasteiger partial charge is 0.333 e. The molecule has 4 rings (SSSR count). The zero-order valence-electron chi connectivity index (χ0n) is 17.3. The Balaban J connectivity index is 1.58. The number of hydrogen-bond donors (Lipinski definition) is 4. The number of aromatic nitrogens is 1. The monoisotopic (exact) mass is 538 g/mol. The molecule has 0 atom stereocenters. The van der Waals surface area contributed by atoms with E-state index in [9.17, 15) is 23.1 Å². The summed E-state index contributed by atoms with van der Waals surface area (Å²) in [5, 5.41) is 17.3. The van der Waals surface area contributed by atoms with Crippen molar-refractivity contribution in [3.05, 3.63) is 74.3 Å². The minimum atomic E-state index is -4.07. The van der Waals surface area contributed by atoms with Gasteiger partial charge in [-0.25, -0.2) is 22.5 Å². The van der Waals surface area contributed by atoms with E-state index in [1.807, 2.05) is 4.72 Å². The number of pyridine rings is 1. The van der Waals surface area contributed by atoms with Gasteiger partial charge in [0.15, 0.2) is 0 Å². The summed E-state index contributed by atoms with van der Waals surface area (Å²) in [4.78, 5) is 24.8. The number of anilines is 2. The van der Waals surface area contributed by atoms with Gasteiger partial charge < -0.3 is 15.7 Å². The molecule has 176 valence electrons. The van der Waals surface area contributed by atoms with Crippen molar-refractivity contribution >= 4 is 72.7 Å². The lowest BCUT2D eigenvalue weighted by Gasteiger charge is -2.13. The number of benzene rings is 2. The molecule has 0 aliphatic rings. The Labute approximate surface area is 207 Å². The summed E-state index contributed by atoms with van der Waals surface area (Å²) in [6.07, 6.45) is 0. The van der Waals surface area contributed by atoms with Crippen LogP contribution in [0.4, 0.5) is 16.2 Å². The average Bonchev–Trinajstić information content (AvgIpc) is 3.22. The average molecular weight is 539 g/mol. The number of fused-ring (bicyclic) bond motifs is 1. The van der Waals surface area contributed by atoms with Crippen LogP contribution in [0, 0.1) is 0 Å². The van der Waals surface area contributed by atoms with Crippen LogP contribution in [0.2, 0.25) is 9.36 Å². The molecule has 9 nitrogen and oxygen atoms in total. The number of aromatic hydroxyl groups is 1. The standard InChI is InChI=1S/C21H16Cl2N4O5S2/c1-24-16-8-11-9-18(28)27(20(29)14(11)10-15(16)22)13-4-2-12(3-5-13)25-21(30)26-34(31,32)19-7-6-17(23)33-19/h2-10,24,29H,1H3,(H2,25,26,30). The van der Waals surface area contributed by atoms with Gasteiger partial charge in [-0.3, -0.25) is 4.79 Å². The van der Waals surface area contributed by atoms with E-state index in [1.165, 1.54) is 42.5 Å². The van der Waals surface area contributed by atoms with E-state index in [2.05, 4.69) is 10.6 Å². The first kappa shape index (κ1) is 23.9. The van der Waals surface area contributed by atoms with Crippen LogP contribution in [-0.4, -0.2) is 31.2 Å². The number of sulfonamides is 1. The van der Waals surface area contributed by atoms with Crippen molar-refractivity contribution in [2.24, 2.45) is 0 Å². The lowest BCUT2D eigenvalue weighted by atomic mass is 10.1. The molecule has 2 heterocycles. The SMILES string of the molecule is CNc1cc2cc(=O)n(-c3ccc(NC(=O)NS(=O)(=O)c4ccc(Cl)s4)cc3)c(O)c2cc1Cl. The molecule has 0 radical (unpaired) electrons. The largest absolute Gasteiger partial charge is 0.494 e.